The summed E-state index contributed by atoms with van der Waals surface area (Å²) in [6.45, 7) is 3.15. The fraction of sp³-hybridized carbons (Fsp3) is 0.417. The SMILES string of the molecule is COC(=O)c1cccc2c1CN(B(C)O)CC2. The van der Waals surface area contributed by atoms with E-state index in [0.717, 1.165) is 18.5 Å². The number of rotatable bonds is 2. The highest BCUT2D eigenvalue weighted by molar-refractivity contribution is 6.45. The van der Waals surface area contributed by atoms with Crippen molar-refractivity contribution in [2.75, 3.05) is 13.7 Å². The third-order valence-corrected chi connectivity index (χ3v) is 3.24. The number of carbonyl (C=O) groups excluding carboxylic acids is 1. The molecule has 17 heavy (non-hydrogen) atoms. The number of carbonyl (C=O) groups is 1. The van der Waals surface area contributed by atoms with Gasteiger partial charge in [-0.1, -0.05) is 12.1 Å². The van der Waals surface area contributed by atoms with E-state index >= 15 is 0 Å². The molecule has 1 aromatic carbocycles. The second kappa shape index (κ2) is 4.90. The predicted molar refractivity (Wildman–Crippen MR) is 65.7 cm³/mol. The minimum Gasteiger partial charge on any atom is -0.465 e. The number of hydrogen-bond acceptors (Lipinski definition) is 4. The maximum atomic E-state index is 11.7. The summed E-state index contributed by atoms with van der Waals surface area (Å²) in [7, 11) is 0.894. The topological polar surface area (TPSA) is 49.8 Å². The number of benzene rings is 1. The second-order valence-electron chi connectivity index (χ2n) is 4.29. The van der Waals surface area contributed by atoms with Gasteiger partial charge in [0.1, 0.15) is 0 Å². The third kappa shape index (κ3) is 2.35. The van der Waals surface area contributed by atoms with E-state index in [1.807, 2.05) is 16.9 Å². The van der Waals surface area contributed by atoms with Crippen LogP contribution >= 0.6 is 0 Å². The van der Waals surface area contributed by atoms with Gasteiger partial charge in [0.15, 0.2) is 0 Å². The van der Waals surface area contributed by atoms with Crippen LogP contribution in [0.15, 0.2) is 18.2 Å². The van der Waals surface area contributed by atoms with Crippen LogP contribution in [0.2, 0.25) is 6.82 Å². The Balaban J connectivity index is 2.36. The number of fused-ring (bicyclic) bond motifs is 1. The predicted octanol–water partition coefficient (Wildman–Crippen LogP) is 0.942. The van der Waals surface area contributed by atoms with E-state index in [4.69, 9.17) is 4.74 Å². The zero-order valence-corrected chi connectivity index (χ0v) is 10.1. The molecule has 1 aliphatic heterocycles. The quantitative estimate of drug-likeness (QED) is 0.610. The highest BCUT2D eigenvalue weighted by Crippen LogP contribution is 2.23. The van der Waals surface area contributed by atoms with Crippen molar-refractivity contribution in [3.63, 3.8) is 0 Å². The third-order valence-electron chi connectivity index (χ3n) is 3.24. The number of hydrogen-bond donors (Lipinski definition) is 1. The number of ether oxygens (including phenoxy) is 1. The molecular weight excluding hydrogens is 217 g/mol. The monoisotopic (exact) mass is 233 g/mol. The van der Waals surface area contributed by atoms with E-state index in [0.29, 0.717) is 12.1 Å². The maximum absolute atomic E-state index is 11.7. The van der Waals surface area contributed by atoms with Crippen molar-refractivity contribution in [3.8, 4) is 0 Å². The number of methoxy groups -OCH3 is 1. The molecule has 4 nitrogen and oxygen atoms in total. The average molecular weight is 233 g/mol. The lowest BCUT2D eigenvalue weighted by Crippen LogP contribution is -2.41. The largest absolute Gasteiger partial charge is 0.465 e. The molecule has 0 saturated heterocycles. The van der Waals surface area contributed by atoms with Crippen molar-refractivity contribution in [2.24, 2.45) is 0 Å². The molecule has 0 atom stereocenters. The Bertz CT molecular complexity index is 434. The fourth-order valence-corrected chi connectivity index (χ4v) is 2.22. The first-order valence-corrected chi connectivity index (χ1v) is 5.74. The zero-order chi connectivity index (χ0) is 12.4. The van der Waals surface area contributed by atoms with Gasteiger partial charge in [-0.05, 0) is 37.0 Å². The van der Waals surface area contributed by atoms with Gasteiger partial charge in [-0.15, -0.1) is 0 Å². The smallest absolute Gasteiger partial charge is 0.376 e. The Kier molecular flexibility index (Phi) is 3.50. The Morgan fingerprint density at radius 1 is 1.53 bits per heavy atom. The standard InChI is InChI=1S/C12H16BNO3/c1-13(16)14-7-6-9-4-3-5-10(11(9)8-14)12(15)17-2/h3-5,16H,6-8H2,1-2H3. The van der Waals surface area contributed by atoms with Crippen LogP contribution in [0.5, 0.6) is 0 Å². The summed E-state index contributed by atoms with van der Waals surface area (Å²) in [5.41, 5.74) is 2.76. The molecule has 0 aromatic heterocycles. The molecule has 0 spiro atoms. The maximum Gasteiger partial charge on any atom is 0.376 e. The normalized spacial score (nSPS) is 15.2. The lowest BCUT2D eigenvalue weighted by molar-refractivity contribution is 0.0598. The van der Waals surface area contributed by atoms with Crippen molar-refractivity contribution in [3.05, 3.63) is 34.9 Å². The van der Waals surface area contributed by atoms with Gasteiger partial charge in [0.05, 0.1) is 12.7 Å². The first kappa shape index (κ1) is 12.1. The number of nitrogens with zero attached hydrogens (tertiary/aromatic N) is 1. The summed E-state index contributed by atoms with van der Waals surface area (Å²) in [6, 6.07) is 5.68. The van der Waals surface area contributed by atoms with E-state index in [1.54, 1.807) is 12.9 Å². The summed E-state index contributed by atoms with van der Waals surface area (Å²) in [6.07, 6.45) is 0.852. The molecule has 0 bridgehead atoms. The Morgan fingerprint density at radius 3 is 2.94 bits per heavy atom. The van der Waals surface area contributed by atoms with E-state index < -0.39 is 7.05 Å². The minimum absolute atomic E-state index is 0.311. The molecule has 2 rings (SSSR count). The molecule has 1 aromatic rings. The second-order valence-corrected chi connectivity index (χ2v) is 4.29. The molecule has 90 valence electrons. The van der Waals surface area contributed by atoms with Crippen molar-refractivity contribution in [1.82, 2.24) is 4.81 Å². The summed E-state index contributed by atoms with van der Waals surface area (Å²) >= 11 is 0. The molecule has 0 fully saturated rings. The van der Waals surface area contributed by atoms with E-state index in [-0.39, 0.29) is 5.97 Å². The highest BCUT2D eigenvalue weighted by Gasteiger charge is 2.25. The van der Waals surface area contributed by atoms with Crippen LogP contribution in [0.25, 0.3) is 0 Å². The first-order valence-electron chi connectivity index (χ1n) is 5.74. The van der Waals surface area contributed by atoms with Crippen LogP contribution in [-0.4, -0.2) is 36.5 Å². The van der Waals surface area contributed by atoms with E-state index in [2.05, 4.69) is 0 Å². The van der Waals surface area contributed by atoms with Gasteiger partial charge in [0, 0.05) is 6.54 Å². The van der Waals surface area contributed by atoms with Crippen LogP contribution < -0.4 is 0 Å². The van der Waals surface area contributed by atoms with Crippen LogP contribution in [0.4, 0.5) is 0 Å². The Morgan fingerprint density at radius 2 is 2.29 bits per heavy atom. The lowest BCUT2D eigenvalue weighted by atomic mass is 9.81. The van der Waals surface area contributed by atoms with E-state index in [1.165, 1.54) is 12.7 Å². The van der Waals surface area contributed by atoms with Gasteiger partial charge >= 0.3 is 13.0 Å². The number of esters is 1. The van der Waals surface area contributed by atoms with Gasteiger partial charge in [-0.25, -0.2) is 4.79 Å². The summed E-state index contributed by atoms with van der Waals surface area (Å²) in [5.74, 6) is -0.311. The zero-order valence-electron chi connectivity index (χ0n) is 10.1. The van der Waals surface area contributed by atoms with Crippen molar-refractivity contribution < 1.29 is 14.6 Å². The first-order chi connectivity index (χ1) is 8.13. The molecule has 5 heteroatoms. The van der Waals surface area contributed by atoms with Gasteiger partial charge in [0.2, 0.25) is 0 Å². The van der Waals surface area contributed by atoms with E-state index in [9.17, 15) is 9.82 Å². The lowest BCUT2D eigenvalue weighted by Gasteiger charge is -2.30. The molecule has 0 aliphatic carbocycles. The molecule has 1 N–H and O–H groups in total. The highest BCUT2D eigenvalue weighted by atomic mass is 16.5. The molecule has 0 amide bonds. The summed E-state index contributed by atoms with van der Waals surface area (Å²) in [4.78, 5) is 13.6. The van der Waals surface area contributed by atoms with Gasteiger partial charge < -0.3 is 14.6 Å². The van der Waals surface area contributed by atoms with Crippen molar-refractivity contribution in [2.45, 2.75) is 19.8 Å². The molecule has 0 unspecified atom stereocenters. The van der Waals surface area contributed by atoms with Gasteiger partial charge in [-0.3, -0.25) is 0 Å². The van der Waals surface area contributed by atoms with Crippen LogP contribution in [0.1, 0.15) is 21.5 Å². The molecule has 1 heterocycles. The van der Waals surface area contributed by atoms with Crippen molar-refractivity contribution in [1.29, 1.82) is 0 Å². The van der Waals surface area contributed by atoms with Gasteiger partial charge in [0.25, 0.3) is 0 Å². The Labute approximate surface area is 101 Å². The average Bonchev–Trinajstić information content (AvgIpc) is 2.36. The van der Waals surface area contributed by atoms with Gasteiger partial charge in [-0.2, -0.15) is 0 Å². The molecule has 1 aliphatic rings. The van der Waals surface area contributed by atoms with Crippen LogP contribution in [0.3, 0.4) is 0 Å². The Hall–Kier alpha value is -1.33. The van der Waals surface area contributed by atoms with Crippen LogP contribution in [0, 0.1) is 0 Å². The summed E-state index contributed by atoms with van der Waals surface area (Å²) in [5, 5.41) is 9.60. The summed E-state index contributed by atoms with van der Waals surface area (Å²) < 4.78 is 4.78. The molecule has 0 saturated carbocycles. The molecular formula is C12H16BNO3. The van der Waals surface area contributed by atoms with Crippen molar-refractivity contribution >= 4 is 13.0 Å². The van der Waals surface area contributed by atoms with Crippen LogP contribution in [-0.2, 0) is 17.7 Å². The fourth-order valence-electron chi connectivity index (χ4n) is 2.22. The molecule has 0 radical (unpaired) electrons. The minimum atomic E-state index is -0.492.